The maximum absolute atomic E-state index is 9.54. The molecule has 0 bridgehead atoms. The van der Waals surface area contributed by atoms with E-state index in [1.54, 1.807) is 0 Å². The van der Waals surface area contributed by atoms with Crippen molar-refractivity contribution in [1.29, 1.82) is 0 Å². The summed E-state index contributed by atoms with van der Waals surface area (Å²) >= 11 is 2.78. The smallest absolute Gasteiger partial charge is 0.549 e. The fraction of sp³-hybridized carbons (Fsp3) is 0.500. The first-order valence-corrected chi connectivity index (χ1v) is 2.41. The molecular weight excluding hydrogens is 184 g/mol. The number of hydrogen-bond acceptors (Lipinski definition) is 2. The first-order chi connectivity index (χ1) is 2.64. The van der Waals surface area contributed by atoms with Crippen LogP contribution in [0.15, 0.2) is 0 Å². The van der Waals surface area contributed by atoms with E-state index in [9.17, 15) is 9.90 Å². The molecule has 1 unspecified atom stereocenters. The molecule has 4 heteroatoms. The SMILES string of the molecule is CC(Br)C(=O)[O-].[CH3-].[Mg+2]. The zero-order valence-electron chi connectivity index (χ0n) is 4.98. The zero-order valence-corrected chi connectivity index (χ0v) is 7.98. The maximum Gasteiger partial charge on any atom is 2.00 e. The van der Waals surface area contributed by atoms with E-state index in [0.717, 1.165) is 0 Å². The summed E-state index contributed by atoms with van der Waals surface area (Å²) in [6.07, 6.45) is 0. The number of hydrogen-bond donors (Lipinski definition) is 0. The summed E-state index contributed by atoms with van der Waals surface area (Å²) in [5, 5.41) is 9.54. The molecule has 0 aromatic carbocycles. The Bertz CT molecular complexity index is 65.1. The predicted molar refractivity (Wildman–Crippen MR) is 35.6 cm³/mol. The molecule has 0 N–H and O–H groups in total. The number of carbonyl (C=O) groups excluding carboxylic acids is 1. The van der Waals surface area contributed by atoms with Gasteiger partial charge in [-0.1, -0.05) is 15.9 Å². The van der Waals surface area contributed by atoms with Crippen LogP contribution in [0.3, 0.4) is 0 Å². The first kappa shape index (κ1) is 15.9. The van der Waals surface area contributed by atoms with Gasteiger partial charge in [0.1, 0.15) is 0 Å². The Kier molecular flexibility index (Phi) is 15.3. The number of halogens is 1. The quantitative estimate of drug-likeness (QED) is 0.321. The van der Waals surface area contributed by atoms with E-state index in [1.165, 1.54) is 6.92 Å². The van der Waals surface area contributed by atoms with Gasteiger partial charge in [0.05, 0.1) is 10.8 Å². The van der Waals surface area contributed by atoms with E-state index in [-0.39, 0.29) is 30.5 Å². The van der Waals surface area contributed by atoms with Crippen LogP contribution in [0.25, 0.3) is 0 Å². The van der Waals surface area contributed by atoms with Gasteiger partial charge in [0, 0.05) is 0 Å². The summed E-state index contributed by atoms with van der Waals surface area (Å²) in [5.41, 5.74) is 0. The summed E-state index contributed by atoms with van der Waals surface area (Å²) in [7, 11) is 0. The summed E-state index contributed by atoms with van der Waals surface area (Å²) in [6, 6.07) is 0. The maximum atomic E-state index is 9.54. The van der Waals surface area contributed by atoms with Crippen LogP contribution in [0.4, 0.5) is 0 Å². The number of carbonyl (C=O) groups is 1. The van der Waals surface area contributed by atoms with Crippen molar-refractivity contribution in [2.24, 2.45) is 0 Å². The minimum absolute atomic E-state index is 0. The van der Waals surface area contributed by atoms with E-state index >= 15 is 0 Å². The van der Waals surface area contributed by atoms with Gasteiger partial charge in [-0.2, -0.15) is 0 Å². The Labute approximate surface area is 73.9 Å². The minimum atomic E-state index is -1.07. The standard InChI is InChI=1S/C3H5BrO2.CH3.Mg/c1-2(4)3(5)6;;/h2H,1H3,(H,5,6);1H3;/q;-1;+2/p-1. The van der Waals surface area contributed by atoms with Crippen LogP contribution in [0.2, 0.25) is 0 Å². The molecule has 0 saturated carbocycles. The van der Waals surface area contributed by atoms with Crippen molar-refractivity contribution in [2.75, 3.05) is 0 Å². The molecule has 0 aromatic rings. The Morgan fingerprint density at radius 2 is 1.88 bits per heavy atom. The van der Waals surface area contributed by atoms with Crippen molar-refractivity contribution in [3.8, 4) is 0 Å². The van der Waals surface area contributed by atoms with Gasteiger partial charge in [0.25, 0.3) is 0 Å². The van der Waals surface area contributed by atoms with Crippen molar-refractivity contribution in [3.05, 3.63) is 7.43 Å². The third kappa shape index (κ3) is 9.87. The Balaban J connectivity index is -0.000000125. The zero-order chi connectivity index (χ0) is 5.15. The Morgan fingerprint density at radius 1 is 1.75 bits per heavy atom. The van der Waals surface area contributed by atoms with Gasteiger partial charge in [-0.25, -0.2) is 0 Å². The number of aliphatic carboxylic acids is 1. The van der Waals surface area contributed by atoms with Crippen molar-refractivity contribution < 1.29 is 9.90 Å². The van der Waals surface area contributed by atoms with Crippen LogP contribution >= 0.6 is 15.9 Å². The molecule has 0 spiro atoms. The van der Waals surface area contributed by atoms with Gasteiger partial charge in [-0.05, 0) is 6.92 Å². The fourth-order valence-electron chi connectivity index (χ4n) is 0. The van der Waals surface area contributed by atoms with Crippen LogP contribution in [0.5, 0.6) is 0 Å². The van der Waals surface area contributed by atoms with Gasteiger partial charge >= 0.3 is 23.1 Å². The molecule has 0 saturated heterocycles. The van der Waals surface area contributed by atoms with E-state index in [4.69, 9.17) is 0 Å². The van der Waals surface area contributed by atoms with Crippen molar-refractivity contribution in [3.63, 3.8) is 0 Å². The molecule has 0 radical (unpaired) electrons. The monoisotopic (exact) mass is 190 g/mol. The van der Waals surface area contributed by atoms with Crippen LogP contribution in [0.1, 0.15) is 6.92 Å². The molecule has 0 aromatic heterocycles. The van der Waals surface area contributed by atoms with Gasteiger partial charge in [-0.3, -0.25) is 0 Å². The number of carboxylic acid groups (broad SMARTS) is 1. The summed E-state index contributed by atoms with van der Waals surface area (Å²) in [6.45, 7) is 1.50. The molecule has 0 rings (SSSR count). The average Bonchev–Trinajstić information content (AvgIpc) is 1.36. The van der Waals surface area contributed by atoms with Gasteiger partial charge in [-0.15, -0.1) is 0 Å². The van der Waals surface area contributed by atoms with E-state index < -0.39 is 10.8 Å². The molecule has 0 aliphatic carbocycles. The van der Waals surface area contributed by atoms with Crippen LogP contribution < -0.4 is 5.11 Å². The molecule has 0 fully saturated rings. The second-order valence-corrected chi connectivity index (χ2v) is 2.31. The van der Waals surface area contributed by atoms with Crippen LogP contribution in [0, 0.1) is 7.43 Å². The second-order valence-electron chi connectivity index (χ2n) is 0.935. The largest absolute Gasteiger partial charge is 2.00 e. The molecule has 0 heterocycles. The van der Waals surface area contributed by atoms with Gasteiger partial charge in [0.2, 0.25) is 0 Å². The normalized spacial score (nSPS) is 10.2. The van der Waals surface area contributed by atoms with Crippen molar-refractivity contribution >= 4 is 45.0 Å². The molecule has 0 amide bonds. The Hall–Kier alpha value is 0.716. The molecule has 0 aliphatic heterocycles. The van der Waals surface area contributed by atoms with Crippen molar-refractivity contribution in [1.82, 2.24) is 0 Å². The Morgan fingerprint density at radius 3 is 1.88 bits per heavy atom. The predicted octanol–water partition coefficient (Wildman–Crippen LogP) is -0.411. The van der Waals surface area contributed by atoms with Gasteiger partial charge < -0.3 is 17.3 Å². The number of rotatable bonds is 1. The summed E-state index contributed by atoms with van der Waals surface area (Å²) in [5.74, 6) is -1.07. The molecular formula is C4H7BrMgO2. The molecule has 1 atom stereocenters. The minimum Gasteiger partial charge on any atom is -0.549 e. The third-order valence-corrected chi connectivity index (χ3v) is 0.699. The van der Waals surface area contributed by atoms with Crippen LogP contribution in [-0.2, 0) is 4.79 Å². The van der Waals surface area contributed by atoms with Crippen LogP contribution in [-0.4, -0.2) is 33.8 Å². The van der Waals surface area contributed by atoms with E-state index in [2.05, 4.69) is 15.9 Å². The second kappa shape index (κ2) is 7.72. The van der Waals surface area contributed by atoms with Gasteiger partial charge in [0.15, 0.2) is 0 Å². The molecule has 0 aliphatic rings. The first-order valence-electron chi connectivity index (χ1n) is 1.49. The summed E-state index contributed by atoms with van der Waals surface area (Å²) < 4.78 is 0. The summed E-state index contributed by atoms with van der Waals surface area (Å²) in [4.78, 5) is 9.01. The fourth-order valence-corrected chi connectivity index (χ4v) is 0. The van der Waals surface area contributed by atoms with E-state index in [0.29, 0.717) is 0 Å². The number of carboxylic acids is 1. The van der Waals surface area contributed by atoms with E-state index in [1.807, 2.05) is 0 Å². The average molecular weight is 191 g/mol. The molecule has 8 heavy (non-hydrogen) atoms. The number of alkyl halides is 1. The van der Waals surface area contributed by atoms with Crippen molar-refractivity contribution in [2.45, 2.75) is 11.8 Å². The molecule has 44 valence electrons. The molecule has 2 nitrogen and oxygen atoms in total. The third-order valence-electron chi connectivity index (χ3n) is 0.325. The topological polar surface area (TPSA) is 40.1 Å².